The fourth-order valence-corrected chi connectivity index (χ4v) is 5.29. The van der Waals surface area contributed by atoms with E-state index in [1.54, 1.807) is 0 Å². The van der Waals surface area contributed by atoms with Crippen molar-refractivity contribution in [2.24, 2.45) is 0 Å². The third-order valence-electron chi connectivity index (χ3n) is 6.05. The number of halogens is 1. The van der Waals surface area contributed by atoms with Crippen molar-refractivity contribution in [3.8, 4) is 0 Å². The largest absolute Gasteiger partial charge is 0.360 e. The summed E-state index contributed by atoms with van der Waals surface area (Å²) in [5.74, 6) is 0. The molecule has 176 valence electrons. The summed E-state index contributed by atoms with van der Waals surface area (Å²) in [5, 5.41) is 5.76. The SMILES string of the molecule is CC/C(=C(\c1ccc(I)cc1)c1ccc2c(cnn2COCC[Si](C)(C)C)c1)c1ccccc1. The predicted molar refractivity (Wildman–Crippen MR) is 156 cm³/mol. The molecule has 0 aliphatic carbocycles. The van der Waals surface area contributed by atoms with E-state index in [9.17, 15) is 0 Å². The maximum Gasteiger partial charge on any atom is 0.139 e. The van der Waals surface area contributed by atoms with E-state index >= 15 is 0 Å². The molecule has 0 amide bonds. The van der Waals surface area contributed by atoms with Crippen molar-refractivity contribution in [2.45, 2.75) is 45.8 Å². The molecular weight excluding hydrogens is 547 g/mol. The highest BCUT2D eigenvalue weighted by Crippen LogP contribution is 2.35. The average Bonchev–Trinajstić information content (AvgIpc) is 3.23. The summed E-state index contributed by atoms with van der Waals surface area (Å²) in [4.78, 5) is 0. The van der Waals surface area contributed by atoms with Gasteiger partial charge in [0.05, 0.1) is 11.7 Å². The maximum atomic E-state index is 5.96. The van der Waals surface area contributed by atoms with Crippen LogP contribution in [-0.4, -0.2) is 24.5 Å². The van der Waals surface area contributed by atoms with Crippen LogP contribution in [-0.2, 0) is 11.5 Å². The van der Waals surface area contributed by atoms with Crippen LogP contribution in [0.4, 0.5) is 0 Å². The lowest BCUT2D eigenvalue weighted by Gasteiger charge is -2.17. The van der Waals surface area contributed by atoms with Crippen molar-refractivity contribution < 1.29 is 4.74 Å². The summed E-state index contributed by atoms with van der Waals surface area (Å²) in [5.41, 5.74) is 7.46. The molecule has 4 rings (SSSR count). The number of ether oxygens (including phenoxy) is 1. The highest BCUT2D eigenvalue weighted by Gasteiger charge is 2.15. The van der Waals surface area contributed by atoms with E-state index in [0.29, 0.717) is 6.73 Å². The molecule has 0 aliphatic heterocycles. The molecule has 34 heavy (non-hydrogen) atoms. The number of nitrogens with zero attached hydrogens (tertiary/aromatic N) is 2. The topological polar surface area (TPSA) is 27.1 Å². The summed E-state index contributed by atoms with van der Waals surface area (Å²) in [6, 6.07) is 27.4. The fourth-order valence-electron chi connectivity index (χ4n) is 4.17. The highest BCUT2D eigenvalue weighted by molar-refractivity contribution is 14.1. The Balaban J connectivity index is 1.72. The van der Waals surface area contributed by atoms with Gasteiger partial charge in [0.1, 0.15) is 6.73 Å². The number of hydrogen-bond donors (Lipinski definition) is 0. The van der Waals surface area contributed by atoms with Crippen LogP contribution < -0.4 is 0 Å². The first-order valence-corrected chi connectivity index (χ1v) is 16.7. The lowest BCUT2D eigenvalue weighted by Crippen LogP contribution is -2.22. The lowest BCUT2D eigenvalue weighted by atomic mass is 9.88. The zero-order chi connectivity index (χ0) is 24.1. The van der Waals surface area contributed by atoms with Gasteiger partial charge in [-0.05, 0) is 87.2 Å². The van der Waals surface area contributed by atoms with Crippen LogP contribution >= 0.6 is 22.6 Å². The zero-order valence-electron chi connectivity index (χ0n) is 20.5. The van der Waals surface area contributed by atoms with E-state index in [1.165, 1.54) is 37.5 Å². The van der Waals surface area contributed by atoms with Crippen LogP contribution in [0.15, 0.2) is 79.0 Å². The van der Waals surface area contributed by atoms with E-state index in [0.717, 1.165) is 23.9 Å². The first-order chi connectivity index (χ1) is 16.4. The Labute approximate surface area is 218 Å². The minimum atomic E-state index is -1.09. The summed E-state index contributed by atoms with van der Waals surface area (Å²) in [6.45, 7) is 10.7. The molecule has 0 atom stereocenters. The van der Waals surface area contributed by atoms with E-state index in [4.69, 9.17) is 4.74 Å². The van der Waals surface area contributed by atoms with Gasteiger partial charge in [-0.1, -0.05) is 75.1 Å². The van der Waals surface area contributed by atoms with Crippen LogP contribution in [0.25, 0.3) is 22.0 Å². The lowest BCUT2D eigenvalue weighted by molar-refractivity contribution is 0.0817. The Bertz CT molecular complexity index is 1270. The molecule has 5 heteroatoms. The number of hydrogen-bond acceptors (Lipinski definition) is 2. The predicted octanol–water partition coefficient (Wildman–Crippen LogP) is 8.32. The molecule has 0 N–H and O–H groups in total. The highest BCUT2D eigenvalue weighted by atomic mass is 127. The molecule has 0 bridgehead atoms. The van der Waals surface area contributed by atoms with Crippen molar-refractivity contribution in [1.82, 2.24) is 9.78 Å². The second-order valence-corrected chi connectivity index (χ2v) is 16.7. The van der Waals surface area contributed by atoms with E-state index < -0.39 is 8.07 Å². The third-order valence-corrected chi connectivity index (χ3v) is 8.47. The van der Waals surface area contributed by atoms with Crippen LogP contribution in [0, 0.1) is 3.57 Å². The molecule has 3 nitrogen and oxygen atoms in total. The van der Waals surface area contributed by atoms with Crippen molar-refractivity contribution in [3.05, 3.63) is 99.3 Å². The molecular formula is C29H33IN2OSi. The van der Waals surface area contributed by atoms with Gasteiger partial charge in [0, 0.05) is 23.6 Å². The van der Waals surface area contributed by atoms with Crippen LogP contribution in [0.3, 0.4) is 0 Å². The quantitative estimate of drug-likeness (QED) is 0.0862. The third kappa shape index (κ3) is 6.06. The fraction of sp³-hybridized carbons (Fsp3) is 0.276. The molecule has 0 saturated carbocycles. The molecule has 0 spiro atoms. The Morgan fingerprint density at radius 1 is 0.912 bits per heavy atom. The van der Waals surface area contributed by atoms with Gasteiger partial charge in [-0.15, -0.1) is 0 Å². The summed E-state index contributed by atoms with van der Waals surface area (Å²) >= 11 is 2.37. The van der Waals surface area contributed by atoms with Crippen molar-refractivity contribution >= 4 is 52.7 Å². The molecule has 0 saturated heterocycles. The molecule has 3 aromatic carbocycles. The van der Waals surface area contributed by atoms with Crippen molar-refractivity contribution in [3.63, 3.8) is 0 Å². The Morgan fingerprint density at radius 2 is 1.62 bits per heavy atom. The van der Waals surface area contributed by atoms with Crippen molar-refractivity contribution in [1.29, 1.82) is 0 Å². The molecule has 0 fully saturated rings. The molecule has 0 unspecified atom stereocenters. The number of allylic oxidation sites excluding steroid dienone is 1. The van der Waals surface area contributed by atoms with E-state index in [-0.39, 0.29) is 0 Å². The van der Waals surface area contributed by atoms with Crippen LogP contribution in [0.1, 0.15) is 30.0 Å². The molecule has 0 aliphatic rings. The van der Waals surface area contributed by atoms with Gasteiger partial charge in [0.2, 0.25) is 0 Å². The molecule has 0 radical (unpaired) electrons. The van der Waals surface area contributed by atoms with Gasteiger partial charge in [-0.25, -0.2) is 4.68 Å². The minimum absolute atomic E-state index is 0.497. The monoisotopic (exact) mass is 580 g/mol. The van der Waals surface area contributed by atoms with Gasteiger partial charge >= 0.3 is 0 Å². The van der Waals surface area contributed by atoms with Crippen LogP contribution in [0.5, 0.6) is 0 Å². The first-order valence-electron chi connectivity index (χ1n) is 11.9. The van der Waals surface area contributed by atoms with Gasteiger partial charge in [0.25, 0.3) is 0 Å². The minimum Gasteiger partial charge on any atom is -0.360 e. The standard InChI is InChI=1S/C29H33IN2OSi/c1-5-27(22-9-7-6-8-10-22)29(23-11-14-26(30)15-12-23)24-13-16-28-25(19-24)20-31-32(28)21-33-17-18-34(2,3)4/h6-16,19-20H,5,17-18,21H2,1-4H3/b29-27-. The second kappa shape index (κ2) is 11.0. The molecule has 1 aromatic heterocycles. The summed E-state index contributed by atoms with van der Waals surface area (Å²) in [6.07, 6.45) is 2.91. The number of aromatic nitrogens is 2. The molecule has 1 heterocycles. The van der Waals surface area contributed by atoms with Gasteiger partial charge in [-0.3, -0.25) is 0 Å². The van der Waals surface area contributed by atoms with Gasteiger partial charge in [0.15, 0.2) is 0 Å². The van der Waals surface area contributed by atoms with E-state index in [2.05, 4.69) is 127 Å². The summed E-state index contributed by atoms with van der Waals surface area (Å²) in [7, 11) is -1.09. The smallest absolute Gasteiger partial charge is 0.139 e. The average molecular weight is 581 g/mol. The van der Waals surface area contributed by atoms with Gasteiger partial charge < -0.3 is 4.74 Å². The Kier molecular flexibility index (Phi) is 8.06. The Morgan fingerprint density at radius 3 is 2.29 bits per heavy atom. The summed E-state index contributed by atoms with van der Waals surface area (Å²) < 4.78 is 9.17. The van der Waals surface area contributed by atoms with Crippen LogP contribution in [0.2, 0.25) is 25.7 Å². The number of benzene rings is 3. The zero-order valence-corrected chi connectivity index (χ0v) is 23.7. The normalized spacial score (nSPS) is 12.7. The van der Waals surface area contributed by atoms with Crippen molar-refractivity contribution in [2.75, 3.05) is 6.61 Å². The number of rotatable bonds is 9. The molecule has 4 aromatic rings. The van der Waals surface area contributed by atoms with E-state index in [1.807, 2.05) is 10.9 Å². The maximum absolute atomic E-state index is 5.96. The second-order valence-electron chi connectivity index (χ2n) is 9.85. The first kappa shape index (κ1) is 24.9. The van der Waals surface area contributed by atoms with Gasteiger partial charge in [-0.2, -0.15) is 5.10 Å². The number of fused-ring (bicyclic) bond motifs is 1. The Hall–Kier alpha value is -2.22.